The minimum Gasteiger partial charge on any atom is -0.466 e. The molecule has 0 saturated heterocycles. The van der Waals surface area contributed by atoms with Gasteiger partial charge in [-0.25, -0.2) is 0 Å². The second kappa shape index (κ2) is 68.4. The fraction of sp³-hybridized carbons (Fsp3) is 0.972. The van der Waals surface area contributed by atoms with E-state index in [-0.39, 0.29) is 18.5 Å². The van der Waals surface area contributed by atoms with E-state index < -0.39 is 12.1 Å². The smallest absolute Gasteiger partial charge is 0.305 e. The first-order chi connectivity index (χ1) is 38.5. The zero-order valence-corrected chi connectivity index (χ0v) is 53.4. The average Bonchev–Trinajstić information content (AvgIpc) is 3.44. The molecule has 0 rings (SSSR count). The summed E-state index contributed by atoms with van der Waals surface area (Å²) >= 11 is 0. The van der Waals surface area contributed by atoms with E-state index in [0.717, 1.165) is 38.5 Å². The normalized spacial score (nSPS) is 12.4. The second-order valence-electron chi connectivity index (χ2n) is 25.3. The van der Waals surface area contributed by atoms with Crippen LogP contribution in [0, 0.1) is 0 Å². The van der Waals surface area contributed by atoms with E-state index in [0.29, 0.717) is 25.9 Å². The van der Waals surface area contributed by atoms with Crippen molar-refractivity contribution in [2.75, 3.05) is 13.2 Å². The molecule has 1 amide bonds. The molecule has 0 aromatic heterocycles. The maximum Gasteiger partial charge on any atom is 0.305 e. The molecule has 0 aliphatic rings. The quantitative estimate of drug-likeness (QED) is 0.0417. The van der Waals surface area contributed by atoms with Gasteiger partial charge in [-0.05, 0) is 25.7 Å². The molecule has 6 heteroatoms. The summed E-state index contributed by atoms with van der Waals surface area (Å²) in [6.45, 7) is 5.00. The maximum atomic E-state index is 12.6. The van der Waals surface area contributed by atoms with Gasteiger partial charge in [-0.1, -0.05) is 386 Å². The van der Waals surface area contributed by atoms with Crippen LogP contribution in [0.15, 0.2) is 0 Å². The van der Waals surface area contributed by atoms with Crippen LogP contribution in [0.4, 0.5) is 0 Å². The number of esters is 1. The molecule has 78 heavy (non-hydrogen) atoms. The topological polar surface area (TPSA) is 95.9 Å². The first-order valence-corrected chi connectivity index (χ1v) is 36.3. The van der Waals surface area contributed by atoms with Crippen LogP contribution >= 0.6 is 0 Å². The minimum atomic E-state index is -0.668. The summed E-state index contributed by atoms with van der Waals surface area (Å²) in [6.07, 6.45) is 82.9. The van der Waals surface area contributed by atoms with Crippen LogP contribution in [0.2, 0.25) is 0 Å². The number of nitrogens with one attached hydrogen (secondary N) is 1. The molecular formula is C72H143NO5. The van der Waals surface area contributed by atoms with E-state index in [1.807, 2.05) is 0 Å². The highest BCUT2D eigenvalue weighted by Crippen LogP contribution is 2.20. The van der Waals surface area contributed by atoms with Crippen molar-refractivity contribution < 1.29 is 24.5 Å². The van der Waals surface area contributed by atoms with Gasteiger partial charge in [0.1, 0.15) is 0 Å². The Bertz CT molecular complexity index is 1130. The van der Waals surface area contributed by atoms with Gasteiger partial charge >= 0.3 is 5.97 Å². The van der Waals surface area contributed by atoms with Gasteiger partial charge < -0.3 is 20.3 Å². The Labute approximate surface area is 489 Å². The lowest BCUT2D eigenvalue weighted by Gasteiger charge is -2.22. The van der Waals surface area contributed by atoms with Crippen molar-refractivity contribution in [3.63, 3.8) is 0 Å². The Hall–Kier alpha value is -1.14. The molecule has 0 saturated carbocycles. The molecule has 2 unspecified atom stereocenters. The third-order valence-corrected chi connectivity index (χ3v) is 17.4. The highest BCUT2D eigenvalue weighted by Gasteiger charge is 2.20. The minimum absolute atomic E-state index is 0.0141. The number of hydrogen-bond donors (Lipinski definition) is 3. The summed E-state index contributed by atoms with van der Waals surface area (Å²) in [5, 5.41) is 23.4. The number of amides is 1. The number of unbranched alkanes of at least 4 members (excludes halogenated alkanes) is 58. The molecule has 0 radical (unpaired) electrons. The molecule has 0 heterocycles. The second-order valence-corrected chi connectivity index (χ2v) is 25.3. The standard InChI is InChI=1S/C72H143NO5/c1-3-5-7-9-11-13-15-17-19-21-23-24-25-26-27-29-32-36-40-44-48-52-56-60-64-70(75)69(68-74)73-71(76)65-61-57-53-49-45-41-37-33-30-31-35-39-43-47-51-55-59-63-67-78-72(77)66-62-58-54-50-46-42-38-34-28-22-20-18-16-14-12-10-8-6-4-2/h69-70,74-75H,3-68H2,1-2H3,(H,73,76). The number of aliphatic hydroxyl groups excluding tert-OH is 2. The van der Waals surface area contributed by atoms with Crippen molar-refractivity contribution >= 4 is 11.9 Å². The first kappa shape index (κ1) is 76.9. The predicted octanol–water partition coefficient (Wildman–Crippen LogP) is 23.4. The molecule has 0 aromatic rings. The van der Waals surface area contributed by atoms with E-state index in [1.165, 1.54) is 353 Å². The summed E-state index contributed by atoms with van der Waals surface area (Å²) < 4.78 is 5.51. The lowest BCUT2D eigenvalue weighted by molar-refractivity contribution is -0.143. The van der Waals surface area contributed by atoms with Gasteiger partial charge in [0.25, 0.3) is 0 Å². The van der Waals surface area contributed by atoms with Crippen molar-refractivity contribution in [3.05, 3.63) is 0 Å². The van der Waals surface area contributed by atoms with Crippen molar-refractivity contribution in [3.8, 4) is 0 Å². The Balaban J connectivity index is 3.37. The third-order valence-electron chi connectivity index (χ3n) is 17.4. The largest absolute Gasteiger partial charge is 0.466 e. The summed E-state index contributed by atoms with van der Waals surface area (Å²) in [6, 6.07) is -0.545. The summed E-state index contributed by atoms with van der Waals surface area (Å²) in [7, 11) is 0. The number of aliphatic hydroxyl groups is 2. The van der Waals surface area contributed by atoms with E-state index in [4.69, 9.17) is 4.74 Å². The SMILES string of the molecule is CCCCCCCCCCCCCCCCCCCCCCCCCCC(O)C(CO)NC(=O)CCCCCCCCCCCCCCCCCCCCOC(=O)CCCCCCCCCCCCCCCCCCCCC. The van der Waals surface area contributed by atoms with E-state index in [9.17, 15) is 19.8 Å². The maximum absolute atomic E-state index is 12.6. The van der Waals surface area contributed by atoms with Gasteiger partial charge in [-0.3, -0.25) is 9.59 Å². The zero-order valence-electron chi connectivity index (χ0n) is 53.4. The Morgan fingerprint density at radius 2 is 0.526 bits per heavy atom. The third kappa shape index (κ3) is 64.0. The van der Waals surface area contributed by atoms with Gasteiger partial charge in [0.15, 0.2) is 0 Å². The van der Waals surface area contributed by atoms with Crippen LogP contribution in [0.5, 0.6) is 0 Å². The van der Waals surface area contributed by atoms with E-state index in [2.05, 4.69) is 19.2 Å². The monoisotopic (exact) mass is 1100 g/mol. The van der Waals surface area contributed by atoms with Crippen molar-refractivity contribution in [2.45, 2.75) is 437 Å². The van der Waals surface area contributed by atoms with Crippen LogP contribution < -0.4 is 5.32 Å². The van der Waals surface area contributed by atoms with Crippen molar-refractivity contribution in [2.24, 2.45) is 0 Å². The summed E-state index contributed by atoms with van der Waals surface area (Å²) in [5.41, 5.74) is 0. The molecule has 0 aromatic carbocycles. The Kier molecular flexibility index (Phi) is 67.4. The van der Waals surface area contributed by atoms with Crippen LogP contribution in [0.25, 0.3) is 0 Å². The fourth-order valence-electron chi connectivity index (χ4n) is 11.9. The molecule has 466 valence electrons. The highest BCUT2D eigenvalue weighted by atomic mass is 16.5. The van der Waals surface area contributed by atoms with Gasteiger partial charge in [0, 0.05) is 12.8 Å². The molecular weight excluding hydrogens is 959 g/mol. The number of carbonyl (C=O) groups is 2. The Morgan fingerprint density at radius 3 is 0.782 bits per heavy atom. The molecule has 3 N–H and O–H groups in total. The van der Waals surface area contributed by atoms with E-state index >= 15 is 0 Å². The Morgan fingerprint density at radius 1 is 0.308 bits per heavy atom. The fourth-order valence-corrected chi connectivity index (χ4v) is 11.9. The molecule has 0 spiro atoms. The number of rotatable bonds is 69. The van der Waals surface area contributed by atoms with Gasteiger partial charge in [0.05, 0.1) is 25.4 Å². The van der Waals surface area contributed by atoms with E-state index in [1.54, 1.807) is 0 Å². The van der Waals surface area contributed by atoms with Crippen molar-refractivity contribution in [1.82, 2.24) is 5.32 Å². The van der Waals surface area contributed by atoms with Gasteiger partial charge in [-0.2, -0.15) is 0 Å². The molecule has 0 aliphatic heterocycles. The zero-order chi connectivity index (χ0) is 56.4. The number of ether oxygens (including phenoxy) is 1. The summed E-state index contributed by atoms with van der Waals surface area (Å²) in [4.78, 5) is 24.7. The van der Waals surface area contributed by atoms with Crippen LogP contribution in [0.1, 0.15) is 425 Å². The highest BCUT2D eigenvalue weighted by molar-refractivity contribution is 5.76. The average molecular weight is 1100 g/mol. The van der Waals surface area contributed by atoms with Crippen molar-refractivity contribution in [1.29, 1.82) is 0 Å². The molecule has 0 bridgehead atoms. The van der Waals surface area contributed by atoms with Crippen LogP contribution in [-0.2, 0) is 14.3 Å². The number of carbonyl (C=O) groups excluding carboxylic acids is 2. The molecule has 0 fully saturated rings. The lowest BCUT2D eigenvalue weighted by atomic mass is 10.0. The predicted molar refractivity (Wildman–Crippen MR) is 343 cm³/mol. The first-order valence-electron chi connectivity index (χ1n) is 36.3. The van der Waals surface area contributed by atoms with Crippen LogP contribution in [-0.4, -0.2) is 47.4 Å². The molecule has 6 nitrogen and oxygen atoms in total. The lowest BCUT2D eigenvalue weighted by Crippen LogP contribution is -2.45. The van der Waals surface area contributed by atoms with Gasteiger partial charge in [-0.15, -0.1) is 0 Å². The molecule has 2 atom stereocenters. The molecule has 0 aliphatic carbocycles. The number of hydrogen-bond acceptors (Lipinski definition) is 5. The van der Waals surface area contributed by atoms with Gasteiger partial charge in [0.2, 0.25) is 5.91 Å². The summed E-state index contributed by atoms with van der Waals surface area (Å²) in [5.74, 6) is -0.0187. The van der Waals surface area contributed by atoms with Crippen LogP contribution in [0.3, 0.4) is 0 Å².